The lowest BCUT2D eigenvalue weighted by Crippen LogP contribution is -3.00. The summed E-state index contributed by atoms with van der Waals surface area (Å²) in [5.41, 5.74) is 0. The summed E-state index contributed by atoms with van der Waals surface area (Å²) in [5.74, 6) is 0.882. The van der Waals surface area contributed by atoms with Gasteiger partial charge in [0.1, 0.15) is 0 Å². The monoisotopic (exact) mass is 542 g/mol. The van der Waals surface area contributed by atoms with E-state index in [4.69, 9.17) is 0 Å². The maximum atomic E-state index is 4.08. The third kappa shape index (κ3) is 28.8. The Kier molecular flexibility index (Phi) is 32.3. The van der Waals surface area contributed by atoms with Crippen LogP contribution in [0.2, 0.25) is 0 Å². The first-order valence-electron chi connectivity index (χ1n) is 17.0. The Morgan fingerprint density at radius 2 is 0.865 bits per heavy atom. The zero-order valence-electron chi connectivity index (χ0n) is 26.5. The van der Waals surface area contributed by atoms with E-state index in [1.165, 1.54) is 178 Å². The molecule has 2 unspecified atom stereocenters. The molecule has 0 saturated heterocycles. The van der Waals surface area contributed by atoms with Crippen LogP contribution in [0, 0.1) is 5.92 Å². The lowest BCUT2D eigenvalue weighted by atomic mass is 9.98. The minimum atomic E-state index is 0. The Balaban J connectivity index is 0. The minimum Gasteiger partial charge on any atom is -1.00 e. The standard InChI is InChI=1S/C35H72N.ClH/c1-6-9-11-13-15-17-19-20-21-23-25-27-29-33-36(5,32-8-3)34-31-35(4)30-28-26-24-22-18-16-14-12-10-7-2;/h8,35H,3,6-7,9-34H2,1-2,4-5H3;1H/q+1;/p-1. The predicted molar refractivity (Wildman–Crippen MR) is 167 cm³/mol. The molecule has 1 nitrogen and oxygen atoms in total. The number of unbranched alkanes of at least 4 members (excludes halogenated alkanes) is 21. The van der Waals surface area contributed by atoms with E-state index in [1.54, 1.807) is 0 Å². The zero-order chi connectivity index (χ0) is 26.6. The van der Waals surface area contributed by atoms with Crippen molar-refractivity contribution in [3.63, 3.8) is 0 Å². The molecule has 0 amide bonds. The molecule has 0 saturated carbocycles. The third-order valence-corrected chi connectivity index (χ3v) is 8.58. The van der Waals surface area contributed by atoms with Crippen LogP contribution in [0.5, 0.6) is 0 Å². The van der Waals surface area contributed by atoms with Gasteiger partial charge < -0.3 is 16.9 Å². The highest BCUT2D eigenvalue weighted by atomic mass is 35.5. The molecular formula is C35H72ClN. The third-order valence-electron chi connectivity index (χ3n) is 8.58. The van der Waals surface area contributed by atoms with Crippen LogP contribution < -0.4 is 12.4 Å². The van der Waals surface area contributed by atoms with Gasteiger partial charge in [0.25, 0.3) is 0 Å². The summed E-state index contributed by atoms with van der Waals surface area (Å²) < 4.78 is 1.21. The van der Waals surface area contributed by atoms with Crippen LogP contribution in [0.15, 0.2) is 12.7 Å². The van der Waals surface area contributed by atoms with Gasteiger partial charge in [-0.05, 0) is 31.3 Å². The number of nitrogens with zero attached hydrogens (tertiary/aromatic N) is 1. The molecule has 224 valence electrons. The molecule has 0 heterocycles. The summed E-state index contributed by atoms with van der Waals surface area (Å²) in [4.78, 5) is 0. The van der Waals surface area contributed by atoms with Crippen LogP contribution in [0.25, 0.3) is 0 Å². The first-order chi connectivity index (χ1) is 17.6. The molecule has 0 spiro atoms. The highest BCUT2D eigenvalue weighted by molar-refractivity contribution is 4.66. The number of hydrogen-bond acceptors (Lipinski definition) is 0. The second kappa shape index (κ2) is 30.5. The van der Waals surface area contributed by atoms with Crippen LogP contribution >= 0.6 is 0 Å². The lowest BCUT2D eigenvalue weighted by molar-refractivity contribution is -0.904. The topological polar surface area (TPSA) is 0 Å². The smallest absolute Gasteiger partial charge is 0.0969 e. The van der Waals surface area contributed by atoms with Crippen LogP contribution in [0.1, 0.15) is 181 Å². The van der Waals surface area contributed by atoms with E-state index < -0.39 is 0 Å². The van der Waals surface area contributed by atoms with Gasteiger partial charge in [0.2, 0.25) is 0 Å². The van der Waals surface area contributed by atoms with Gasteiger partial charge in [0.05, 0.1) is 26.7 Å². The Morgan fingerprint density at radius 3 is 1.24 bits per heavy atom. The second-order valence-corrected chi connectivity index (χ2v) is 12.6. The van der Waals surface area contributed by atoms with E-state index >= 15 is 0 Å². The molecule has 0 aliphatic heterocycles. The Bertz CT molecular complexity index is 437. The first-order valence-corrected chi connectivity index (χ1v) is 17.0. The summed E-state index contributed by atoms with van der Waals surface area (Å²) in [6, 6.07) is 0. The Hall–Kier alpha value is -0.0100. The summed E-state index contributed by atoms with van der Waals surface area (Å²) in [7, 11) is 2.48. The van der Waals surface area contributed by atoms with Crippen molar-refractivity contribution in [1.29, 1.82) is 0 Å². The van der Waals surface area contributed by atoms with Crippen LogP contribution in [-0.2, 0) is 0 Å². The van der Waals surface area contributed by atoms with E-state index in [-0.39, 0.29) is 12.4 Å². The van der Waals surface area contributed by atoms with Crippen molar-refractivity contribution in [1.82, 2.24) is 0 Å². The van der Waals surface area contributed by atoms with E-state index in [2.05, 4.69) is 40.5 Å². The Labute approximate surface area is 243 Å². The fraction of sp³-hybridized carbons (Fsp3) is 0.943. The molecule has 2 atom stereocenters. The number of rotatable bonds is 30. The highest BCUT2D eigenvalue weighted by Gasteiger charge is 2.20. The Morgan fingerprint density at radius 1 is 0.514 bits per heavy atom. The number of quaternary nitrogens is 1. The molecule has 2 heteroatoms. The molecular weight excluding hydrogens is 470 g/mol. The molecule has 0 rings (SSSR count). The molecule has 37 heavy (non-hydrogen) atoms. The fourth-order valence-electron chi connectivity index (χ4n) is 5.77. The van der Waals surface area contributed by atoms with E-state index in [0.29, 0.717) is 0 Å². The van der Waals surface area contributed by atoms with Gasteiger partial charge in [-0.3, -0.25) is 0 Å². The number of likely N-dealkylation sites (N-methyl/N-ethyl adjacent to an activating group) is 1. The van der Waals surface area contributed by atoms with Crippen molar-refractivity contribution < 1.29 is 16.9 Å². The van der Waals surface area contributed by atoms with Gasteiger partial charge in [-0.15, -0.1) is 0 Å². The predicted octanol–water partition coefficient (Wildman–Crippen LogP) is 9.05. The average molecular weight is 542 g/mol. The van der Waals surface area contributed by atoms with Gasteiger partial charge in [-0.25, -0.2) is 0 Å². The molecule has 0 fully saturated rings. The number of halogens is 1. The molecule has 0 N–H and O–H groups in total. The van der Waals surface area contributed by atoms with Crippen molar-refractivity contribution >= 4 is 0 Å². The molecule has 0 aromatic carbocycles. The minimum absolute atomic E-state index is 0. The molecule has 0 aromatic heterocycles. The number of hydrogen-bond donors (Lipinski definition) is 0. The van der Waals surface area contributed by atoms with E-state index in [0.717, 1.165) is 12.5 Å². The summed E-state index contributed by atoms with van der Waals surface area (Å²) in [6.45, 7) is 15.0. The van der Waals surface area contributed by atoms with Crippen LogP contribution in [0.3, 0.4) is 0 Å². The highest BCUT2D eigenvalue weighted by Crippen LogP contribution is 2.19. The maximum Gasteiger partial charge on any atom is 0.0969 e. The van der Waals surface area contributed by atoms with Gasteiger partial charge in [0, 0.05) is 0 Å². The van der Waals surface area contributed by atoms with Crippen LogP contribution in [0.4, 0.5) is 0 Å². The van der Waals surface area contributed by atoms with E-state index in [9.17, 15) is 0 Å². The molecule has 0 aromatic rings. The maximum absolute atomic E-state index is 4.08. The van der Waals surface area contributed by atoms with Crippen molar-refractivity contribution in [2.24, 2.45) is 5.92 Å². The molecule has 0 bridgehead atoms. The van der Waals surface area contributed by atoms with Gasteiger partial charge in [-0.1, -0.05) is 169 Å². The van der Waals surface area contributed by atoms with Gasteiger partial charge in [-0.2, -0.15) is 0 Å². The lowest BCUT2D eigenvalue weighted by Gasteiger charge is -2.34. The average Bonchev–Trinajstić information content (AvgIpc) is 2.87. The fourth-order valence-corrected chi connectivity index (χ4v) is 5.77. The second-order valence-electron chi connectivity index (χ2n) is 12.6. The first kappa shape index (κ1) is 39.1. The van der Waals surface area contributed by atoms with Crippen molar-refractivity contribution in [2.45, 2.75) is 181 Å². The van der Waals surface area contributed by atoms with Gasteiger partial charge in [0.15, 0.2) is 0 Å². The normalized spacial score (nSPS) is 13.7. The quantitative estimate of drug-likeness (QED) is 0.0483. The zero-order valence-corrected chi connectivity index (χ0v) is 27.2. The molecule has 0 radical (unpaired) electrons. The van der Waals surface area contributed by atoms with Crippen molar-refractivity contribution in [3.8, 4) is 0 Å². The largest absolute Gasteiger partial charge is 1.00 e. The van der Waals surface area contributed by atoms with E-state index in [1.807, 2.05) is 0 Å². The van der Waals surface area contributed by atoms with Crippen molar-refractivity contribution in [3.05, 3.63) is 12.7 Å². The molecule has 0 aliphatic carbocycles. The summed E-state index contributed by atoms with van der Waals surface area (Å²) in [6.07, 6.45) is 38.3. The van der Waals surface area contributed by atoms with Gasteiger partial charge >= 0.3 is 0 Å². The van der Waals surface area contributed by atoms with Crippen molar-refractivity contribution in [2.75, 3.05) is 26.7 Å². The summed E-state index contributed by atoms with van der Waals surface area (Å²) >= 11 is 0. The SMILES string of the molecule is C=CC[N+](C)(CCCCCCCCCCCCCCC)CCC(C)CCCCCCCCCCCC.[Cl-]. The summed E-state index contributed by atoms with van der Waals surface area (Å²) in [5, 5.41) is 0. The van der Waals surface area contributed by atoms with Crippen LogP contribution in [-0.4, -0.2) is 31.2 Å². The molecule has 0 aliphatic rings.